The number of hydrogen-bond donors (Lipinski definition) is 0. The highest BCUT2D eigenvalue weighted by atomic mass is 16.6. The highest BCUT2D eigenvalue weighted by Gasteiger charge is 2.19. The number of carbonyl (C=O) groups is 3. The standard InChI is InChI=1S/C43H82O6/c1-6-7-8-21-30-35-43(46)49-40(37-48-42(45)34-29-25-20-19-23-27-32-39(4)5)36-47-41(44)33-28-24-18-16-14-12-10-9-11-13-15-17-22-26-31-38(2)3/h38-40H,6-37H2,1-5H3/t40-/m0/s1. The number of carbonyl (C=O) groups excluding carboxylic acids is 3. The summed E-state index contributed by atoms with van der Waals surface area (Å²) in [4.78, 5) is 37.3. The number of esters is 3. The van der Waals surface area contributed by atoms with Crippen molar-refractivity contribution in [2.75, 3.05) is 13.2 Å². The van der Waals surface area contributed by atoms with Crippen molar-refractivity contribution in [2.45, 2.75) is 233 Å². The first-order chi connectivity index (χ1) is 23.7. The third-order valence-electron chi connectivity index (χ3n) is 9.47. The zero-order chi connectivity index (χ0) is 36.2. The maximum atomic E-state index is 12.5. The van der Waals surface area contributed by atoms with E-state index in [-0.39, 0.29) is 31.1 Å². The molecule has 6 nitrogen and oxygen atoms in total. The summed E-state index contributed by atoms with van der Waals surface area (Å²) in [7, 11) is 0. The summed E-state index contributed by atoms with van der Waals surface area (Å²) in [6.45, 7) is 11.2. The Bertz CT molecular complexity index is 749. The Morgan fingerprint density at radius 1 is 0.388 bits per heavy atom. The lowest BCUT2D eigenvalue weighted by molar-refractivity contribution is -0.167. The predicted octanol–water partition coefficient (Wildman–Crippen LogP) is 13.0. The van der Waals surface area contributed by atoms with Crippen LogP contribution in [0.2, 0.25) is 0 Å². The second kappa shape index (κ2) is 36.2. The van der Waals surface area contributed by atoms with Crippen LogP contribution in [-0.4, -0.2) is 37.2 Å². The zero-order valence-electron chi connectivity index (χ0n) is 33.3. The average Bonchev–Trinajstić information content (AvgIpc) is 3.06. The number of ether oxygens (including phenoxy) is 3. The van der Waals surface area contributed by atoms with E-state index in [4.69, 9.17) is 14.2 Å². The summed E-state index contributed by atoms with van der Waals surface area (Å²) < 4.78 is 16.5. The van der Waals surface area contributed by atoms with Gasteiger partial charge < -0.3 is 14.2 Å². The van der Waals surface area contributed by atoms with E-state index in [1.54, 1.807) is 0 Å². The summed E-state index contributed by atoms with van der Waals surface area (Å²) in [5.74, 6) is 0.728. The summed E-state index contributed by atoms with van der Waals surface area (Å²) in [5, 5.41) is 0. The van der Waals surface area contributed by atoms with Crippen molar-refractivity contribution in [3.05, 3.63) is 0 Å². The topological polar surface area (TPSA) is 78.9 Å². The SMILES string of the molecule is CCCCCCCC(=O)O[C@@H](COC(=O)CCCCCCCCCCCCCCCCC(C)C)COC(=O)CCCCCCCCC(C)C. The molecule has 0 saturated heterocycles. The molecule has 0 aliphatic heterocycles. The molecule has 0 rings (SSSR count). The van der Waals surface area contributed by atoms with Gasteiger partial charge in [0, 0.05) is 19.3 Å². The Morgan fingerprint density at radius 2 is 0.673 bits per heavy atom. The average molecular weight is 695 g/mol. The van der Waals surface area contributed by atoms with Gasteiger partial charge in [0.1, 0.15) is 13.2 Å². The van der Waals surface area contributed by atoms with Crippen LogP contribution in [0, 0.1) is 11.8 Å². The van der Waals surface area contributed by atoms with Crippen LogP contribution in [0.1, 0.15) is 227 Å². The maximum absolute atomic E-state index is 12.5. The predicted molar refractivity (Wildman–Crippen MR) is 206 cm³/mol. The molecule has 0 radical (unpaired) electrons. The monoisotopic (exact) mass is 695 g/mol. The van der Waals surface area contributed by atoms with Gasteiger partial charge in [-0.3, -0.25) is 14.4 Å². The molecule has 0 saturated carbocycles. The third kappa shape index (κ3) is 37.5. The fourth-order valence-electron chi connectivity index (χ4n) is 6.22. The van der Waals surface area contributed by atoms with Crippen LogP contribution in [0.4, 0.5) is 0 Å². The summed E-state index contributed by atoms with van der Waals surface area (Å²) in [5.41, 5.74) is 0. The lowest BCUT2D eigenvalue weighted by Gasteiger charge is -2.18. The zero-order valence-corrected chi connectivity index (χ0v) is 33.3. The molecule has 6 heteroatoms. The summed E-state index contributed by atoms with van der Waals surface area (Å²) >= 11 is 0. The molecule has 0 aliphatic carbocycles. The molecule has 0 N–H and O–H groups in total. The molecule has 0 heterocycles. The highest BCUT2D eigenvalue weighted by molar-refractivity contribution is 5.71. The number of rotatable bonds is 37. The van der Waals surface area contributed by atoms with Crippen molar-refractivity contribution in [3.8, 4) is 0 Å². The van der Waals surface area contributed by atoms with Crippen LogP contribution in [0.15, 0.2) is 0 Å². The van der Waals surface area contributed by atoms with E-state index in [1.807, 2.05) is 0 Å². The Hall–Kier alpha value is -1.59. The van der Waals surface area contributed by atoms with E-state index in [1.165, 1.54) is 109 Å². The first-order valence-corrected chi connectivity index (χ1v) is 21.2. The van der Waals surface area contributed by atoms with E-state index in [2.05, 4.69) is 34.6 Å². The van der Waals surface area contributed by atoms with E-state index in [0.29, 0.717) is 19.3 Å². The molecule has 0 aromatic heterocycles. The second-order valence-corrected chi connectivity index (χ2v) is 15.6. The Morgan fingerprint density at radius 3 is 1.00 bits per heavy atom. The molecule has 0 aliphatic rings. The van der Waals surface area contributed by atoms with Gasteiger partial charge in [0.05, 0.1) is 0 Å². The van der Waals surface area contributed by atoms with Crippen molar-refractivity contribution < 1.29 is 28.6 Å². The number of hydrogen-bond acceptors (Lipinski definition) is 6. The van der Waals surface area contributed by atoms with Gasteiger partial charge in [-0.15, -0.1) is 0 Å². The van der Waals surface area contributed by atoms with Gasteiger partial charge in [-0.1, -0.05) is 189 Å². The van der Waals surface area contributed by atoms with Gasteiger partial charge in [-0.2, -0.15) is 0 Å². The lowest BCUT2D eigenvalue weighted by Crippen LogP contribution is -2.30. The van der Waals surface area contributed by atoms with Crippen LogP contribution in [0.5, 0.6) is 0 Å². The molecule has 0 unspecified atom stereocenters. The van der Waals surface area contributed by atoms with Gasteiger partial charge >= 0.3 is 17.9 Å². The second-order valence-electron chi connectivity index (χ2n) is 15.6. The van der Waals surface area contributed by atoms with Crippen LogP contribution in [0.25, 0.3) is 0 Å². The van der Waals surface area contributed by atoms with Crippen molar-refractivity contribution in [1.82, 2.24) is 0 Å². The minimum atomic E-state index is -0.758. The summed E-state index contributed by atoms with van der Waals surface area (Å²) in [6.07, 6.45) is 32.8. The van der Waals surface area contributed by atoms with Crippen molar-refractivity contribution >= 4 is 17.9 Å². The van der Waals surface area contributed by atoms with E-state index >= 15 is 0 Å². The van der Waals surface area contributed by atoms with Gasteiger partial charge in [0.15, 0.2) is 6.10 Å². The van der Waals surface area contributed by atoms with Gasteiger partial charge in [-0.05, 0) is 31.1 Å². The summed E-state index contributed by atoms with van der Waals surface area (Å²) in [6, 6.07) is 0. The van der Waals surface area contributed by atoms with E-state index in [9.17, 15) is 14.4 Å². The Balaban J connectivity index is 4.11. The molecule has 0 aromatic carbocycles. The van der Waals surface area contributed by atoms with Gasteiger partial charge in [0.25, 0.3) is 0 Å². The van der Waals surface area contributed by atoms with E-state index < -0.39 is 6.10 Å². The molecule has 0 amide bonds. The first kappa shape index (κ1) is 47.4. The maximum Gasteiger partial charge on any atom is 0.306 e. The smallest absolute Gasteiger partial charge is 0.306 e. The quantitative estimate of drug-likeness (QED) is 0.0366. The minimum absolute atomic E-state index is 0.0673. The Labute approximate surface area is 304 Å². The highest BCUT2D eigenvalue weighted by Crippen LogP contribution is 2.16. The molecule has 0 spiro atoms. The van der Waals surface area contributed by atoms with E-state index in [0.717, 1.165) is 76.0 Å². The molecule has 49 heavy (non-hydrogen) atoms. The van der Waals surface area contributed by atoms with Gasteiger partial charge in [0.2, 0.25) is 0 Å². The molecular weight excluding hydrogens is 612 g/mol. The fraction of sp³-hybridized carbons (Fsp3) is 0.930. The number of unbranched alkanes of at least 4 members (excludes halogenated alkanes) is 22. The largest absolute Gasteiger partial charge is 0.462 e. The third-order valence-corrected chi connectivity index (χ3v) is 9.47. The molecule has 1 atom stereocenters. The molecule has 0 fully saturated rings. The normalized spacial score (nSPS) is 12.1. The van der Waals surface area contributed by atoms with Crippen LogP contribution < -0.4 is 0 Å². The van der Waals surface area contributed by atoms with Crippen molar-refractivity contribution in [3.63, 3.8) is 0 Å². The fourth-order valence-corrected chi connectivity index (χ4v) is 6.22. The molecule has 0 aromatic rings. The van der Waals surface area contributed by atoms with Crippen LogP contribution in [-0.2, 0) is 28.6 Å². The lowest BCUT2D eigenvalue weighted by atomic mass is 10.0. The molecule has 290 valence electrons. The Kier molecular flexibility index (Phi) is 35.0. The minimum Gasteiger partial charge on any atom is -0.462 e. The first-order valence-electron chi connectivity index (χ1n) is 21.2. The van der Waals surface area contributed by atoms with Gasteiger partial charge in [-0.25, -0.2) is 0 Å². The van der Waals surface area contributed by atoms with Crippen LogP contribution in [0.3, 0.4) is 0 Å². The molecule has 0 bridgehead atoms. The van der Waals surface area contributed by atoms with Crippen molar-refractivity contribution in [1.29, 1.82) is 0 Å². The van der Waals surface area contributed by atoms with Crippen molar-refractivity contribution in [2.24, 2.45) is 11.8 Å². The molecular formula is C43H82O6. The van der Waals surface area contributed by atoms with Crippen LogP contribution >= 0.6 is 0 Å².